The summed E-state index contributed by atoms with van der Waals surface area (Å²) in [6.45, 7) is 9.67. The molecule has 0 spiro atoms. The van der Waals surface area contributed by atoms with Gasteiger partial charge in [-0.15, -0.1) is 0 Å². The predicted molar refractivity (Wildman–Crippen MR) is 146 cm³/mol. The zero-order valence-corrected chi connectivity index (χ0v) is 22.5. The highest BCUT2D eigenvalue weighted by Gasteiger charge is 2.31. The fourth-order valence-corrected chi connectivity index (χ4v) is 4.10. The Morgan fingerprint density at radius 2 is 1.79 bits per heavy atom. The topological polar surface area (TPSA) is 106 Å². The number of ether oxygens (including phenoxy) is 2. The van der Waals surface area contributed by atoms with Crippen LogP contribution in [0.25, 0.3) is 22.2 Å². The van der Waals surface area contributed by atoms with Crippen LogP contribution >= 0.6 is 0 Å². The summed E-state index contributed by atoms with van der Waals surface area (Å²) < 4.78 is 17.4. The lowest BCUT2D eigenvalue weighted by Crippen LogP contribution is -2.35. The molecule has 0 aliphatic rings. The van der Waals surface area contributed by atoms with Crippen LogP contribution in [-0.4, -0.2) is 27.6 Å². The molecule has 38 heavy (non-hydrogen) atoms. The monoisotopic (exact) mass is 517 g/mol. The summed E-state index contributed by atoms with van der Waals surface area (Å²) in [7, 11) is 0. The number of alkyl carbamates (subject to hydrolysis) is 1. The van der Waals surface area contributed by atoms with Crippen molar-refractivity contribution in [3.05, 3.63) is 77.9 Å². The highest BCUT2D eigenvalue weighted by Crippen LogP contribution is 2.35. The van der Waals surface area contributed by atoms with Gasteiger partial charge in [0.15, 0.2) is 11.5 Å². The largest absolute Gasteiger partial charge is 0.456 e. The smallest absolute Gasteiger partial charge is 0.408 e. The van der Waals surface area contributed by atoms with Crippen LogP contribution in [0, 0.1) is 5.92 Å². The van der Waals surface area contributed by atoms with Crippen molar-refractivity contribution >= 4 is 23.0 Å². The molecular weight excluding hydrogens is 482 g/mol. The standard InChI is InChI=1S/C30H35N3O5/c1-6-19(2)16-24(32-29(35)38-30(3,4)5)27-33-25(28(34)36-18-20-12-8-7-9-13-20)26(37-27)22-17-31-23-15-11-10-14-21(22)23/h7-15,17,19,24,31H,6,16,18H2,1-5H3,(H,32,35)/t19-,24-/m0/s1. The van der Waals surface area contributed by atoms with Crippen molar-refractivity contribution in [1.82, 2.24) is 15.3 Å². The summed E-state index contributed by atoms with van der Waals surface area (Å²) in [6.07, 6.45) is 2.66. The number of benzene rings is 2. The maximum absolute atomic E-state index is 13.3. The van der Waals surface area contributed by atoms with E-state index in [1.54, 1.807) is 27.0 Å². The Morgan fingerprint density at radius 1 is 1.08 bits per heavy atom. The average molecular weight is 518 g/mol. The first-order valence-corrected chi connectivity index (χ1v) is 12.9. The van der Waals surface area contributed by atoms with E-state index in [0.29, 0.717) is 12.0 Å². The van der Waals surface area contributed by atoms with Gasteiger partial charge in [-0.1, -0.05) is 68.8 Å². The van der Waals surface area contributed by atoms with Gasteiger partial charge in [-0.2, -0.15) is 0 Å². The number of nitrogens with zero attached hydrogens (tertiary/aromatic N) is 1. The Hall–Kier alpha value is -4.07. The van der Waals surface area contributed by atoms with Crippen molar-refractivity contribution in [2.75, 3.05) is 0 Å². The second-order valence-corrected chi connectivity index (χ2v) is 10.5. The zero-order chi connectivity index (χ0) is 27.3. The summed E-state index contributed by atoms with van der Waals surface area (Å²) in [5.41, 5.74) is 1.83. The number of rotatable bonds is 9. The Kier molecular flexibility index (Phi) is 8.20. The summed E-state index contributed by atoms with van der Waals surface area (Å²) in [5, 5.41) is 3.78. The number of hydrogen-bond acceptors (Lipinski definition) is 6. The van der Waals surface area contributed by atoms with E-state index in [9.17, 15) is 9.59 Å². The fourth-order valence-electron chi connectivity index (χ4n) is 4.10. The maximum Gasteiger partial charge on any atom is 0.408 e. The first-order chi connectivity index (χ1) is 18.1. The molecule has 2 aromatic heterocycles. The number of hydrogen-bond donors (Lipinski definition) is 2. The number of aromatic nitrogens is 2. The molecule has 8 nitrogen and oxygen atoms in total. The fraction of sp³-hybridized carbons (Fsp3) is 0.367. The van der Waals surface area contributed by atoms with Gasteiger partial charge < -0.3 is 24.2 Å². The maximum atomic E-state index is 13.3. The quantitative estimate of drug-likeness (QED) is 0.228. The van der Waals surface area contributed by atoms with Crippen LogP contribution in [-0.2, 0) is 16.1 Å². The number of carbonyl (C=O) groups is 2. The molecule has 0 saturated carbocycles. The molecular formula is C30H35N3O5. The van der Waals surface area contributed by atoms with Gasteiger partial charge in [-0.3, -0.25) is 0 Å². The molecule has 4 rings (SSSR count). The van der Waals surface area contributed by atoms with Crippen molar-refractivity contribution < 1.29 is 23.5 Å². The second kappa shape index (κ2) is 11.5. The van der Waals surface area contributed by atoms with Gasteiger partial charge in [-0.05, 0) is 44.7 Å². The Balaban J connectivity index is 1.72. The van der Waals surface area contributed by atoms with E-state index >= 15 is 0 Å². The van der Waals surface area contributed by atoms with E-state index in [2.05, 4.69) is 29.1 Å². The first-order valence-electron chi connectivity index (χ1n) is 12.9. The summed E-state index contributed by atoms with van der Waals surface area (Å²) in [5.74, 6) is 0.161. The predicted octanol–water partition coefficient (Wildman–Crippen LogP) is 7.18. The number of para-hydroxylation sites is 1. The zero-order valence-electron chi connectivity index (χ0n) is 22.5. The van der Waals surface area contributed by atoms with Crippen molar-refractivity contribution in [1.29, 1.82) is 0 Å². The van der Waals surface area contributed by atoms with Gasteiger partial charge in [0.2, 0.25) is 5.89 Å². The Bertz CT molecular complexity index is 1380. The van der Waals surface area contributed by atoms with Gasteiger partial charge in [-0.25, -0.2) is 14.6 Å². The molecule has 0 bridgehead atoms. The number of aromatic amines is 1. The van der Waals surface area contributed by atoms with Gasteiger partial charge >= 0.3 is 12.1 Å². The summed E-state index contributed by atoms with van der Waals surface area (Å²) in [6, 6.07) is 16.6. The molecule has 200 valence electrons. The first kappa shape index (κ1) is 27.0. The summed E-state index contributed by atoms with van der Waals surface area (Å²) in [4.78, 5) is 33.8. The SMILES string of the molecule is CC[C@H](C)C[C@H](NC(=O)OC(C)(C)C)c1nc(C(=O)OCc2ccccc2)c(-c2c[nH]c3ccccc23)o1. The molecule has 2 aromatic carbocycles. The van der Waals surface area contributed by atoms with E-state index < -0.39 is 23.7 Å². The lowest BCUT2D eigenvalue weighted by atomic mass is 9.99. The summed E-state index contributed by atoms with van der Waals surface area (Å²) >= 11 is 0. The highest BCUT2D eigenvalue weighted by molar-refractivity contribution is 6.01. The van der Waals surface area contributed by atoms with Crippen LogP contribution in [0.5, 0.6) is 0 Å². The molecule has 2 N–H and O–H groups in total. The van der Waals surface area contributed by atoms with Gasteiger partial charge in [0.05, 0.1) is 0 Å². The Labute approximate surface area is 222 Å². The molecule has 1 amide bonds. The number of nitrogens with one attached hydrogen (secondary N) is 2. The third-order valence-corrected chi connectivity index (χ3v) is 6.21. The molecule has 8 heteroatoms. The number of esters is 1. The normalized spacial score (nSPS) is 13.2. The van der Waals surface area contributed by atoms with Crippen molar-refractivity contribution in [3.8, 4) is 11.3 Å². The molecule has 0 aliphatic carbocycles. The lowest BCUT2D eigenvalue weighted by Gasteiger charge is -2.23. The average Bonchev–Trinajstić information content (AvgIpc) is 3.51. The Morgan fingerprint density at radius 3 is 2.50 bits per heavy atom. The molecule has 2 atom stereocenters. The van der Waals surface area contributed by atoms with E-state index in [4.69, 9.17) is 13.9 Å². The van der Waals surface area contributed by atoms with Crippen molar-refractivity contribution in [2.45, 2.75) is 65.7 Å². The van der Waals surface area contributed by atoms with Crippen molar-refractivity contribution in [3.63, 3.8) is 0 Å². The van der Waals surface area contributed by atoms with Crippen LogP contribution in [0.3, 0.4) is 0 Å². The minimum atomic E-state index is -0.663. The van der Waals surface area contributed by atoms with Gasteiger partial charge in [0, 0.05) is 22.7 Å². The lowest BCUT2D eigenvalue weighted by molar-refractivity contribution is 0.0465. The number of fused-ring (bicyclic) bond motifs is 1. The van der Waals surface area contributed by atoms with E-state index in [-0.39, 0.29) is 29.9 Å². The van der Waals surface area contributed by atoms with Crippen molar-refractivity contribution in [2.24, 2.45) is 5.92 Å². The van der Waals surface area contributed by atoms with E-state index in [1.165, 1.54) is 0 Å². The second-order valence-electron chi connectivity index (χ2n) is 10.5. The molecule has 0 fully saturated rings. The van der Waals surface area contributed by atoms with Crippen LogP contribution in [0.4, 0.5) is 4.79 Å². The molecule has 0 radical (unpaired) electrons. The van der Waals surface area contributed by atoms with Gasteiger partial charge in [0.25, 0.3) is 0 Å². The molecule has 0 unspecified atom stereocenters. The molecule has 0 saturated heterocycles. The van der Waals surface area contributed by atoms with Gasteiger partial charge in [0.1, 0.15) is 18.2 Å². The molecule has 4 aromatic rings. The number of amides is 1. The number of oxazole rings is 1. The number of carbonyl (C=O) groups excluding carboxylic acids is 2. The molecule has 2 heterocycles. The minimum absolute atomic E-state index is 0.0563. The van der Waals surface area contributed by atoms with E-state index in [0.717, 1.165) is 22.9 Å². The number of H-pyrrole nitrogens is 1. The minimum Gasteiger partial charge on any atom is -0.456 e. The molecule has 0 aliphatic heterocycles. The third kappa shape index (κ3) is 6.62. The van der Waals surface area contributed by atoms with Crippen LogP contribution in [0.1, 0.15) is 75.4 Å². The van der Waals surface area contributed by atoms with Crippen LogP contribution in [0.15, 0.2) is 65.2 Å². The van der Waals surface area contributed by atoms with E-state index in [1.807, 2.05) is 54.6 Å². The van der Waals surface area contributed by atoms with Crippen LogP contribution < -0.4 is 5.32 Å². The van der Waals surface area contributed by atoms with Crippen LogP contribution in [0.2, 0.25) is 0 Å². The third-order valence-electron chi connectivity index (χ3n) is 6.21. The highest BCUT2D eigenvalue weighted by atomic mass is 16.6.